The van der Waals surface area contributed by atoms with Crippen LogP contribution in [-0.2, 0) is 9.59 Å². The average molecular weight is 509 g/mol. The topological polar surface area (TPSA) is 58.2 Å². The number of unbranched alkanes of at least 4 members (excludes halogenated alkanes) is 19. The summed E-state index contributed by atoms with van der Waals surface area (Å²) in [6, 6.07) is -0.395. The molecule has 0 rings (SSSR count). The monoisotopic (exact) mass is 508 g/mol. The first-order chi connectivity index (χ1) is 17.5. The summed E-state index contributed by atoms with van der Waals surface area (Å²) < 4.78 is 0. The summed E-state index contributed by atoms with van der Waals surface area (Å²) in [5.41, 5.74) is 0. The summed E-state index contributed by atoms with van der Waals surface area (Å²) in [6.45, 7) is 9.43. The van der Waals surface area contributed by atoms with Crippen LogP contribution < -0.4 is 10.6 Å². The summed E-state index contributed by atoms with van der Waals surface area (Å²) in [5.74, 6) is 0.396. The maximum atomic E-state index is 12.6. The van der Waals surface area contributed by atoms with Gasteiger partial charge in [-0.25, -0.2) is 0 Å². The molecule has 0 saturated carbocycles. The highest BCUT2D eigenvalue weighted by molar-refractivity contribution is 5.87. The van der Waals surface area contributed by atoms with Crippen molar-refractivity contribution in [2.24, 2.45) is 5.92 Å². The van der Waals surface area contributed by atoms with E-state index in [1.54, 1.807) is 0 Å². The molecule has 0 saturated heterocycles. The van der Waals surface area contributed by atoms with Crippen LogP contribution in [0.15, 0.2) is 0 Å². The van der Waals surface area contributed by atoms with Gasteiger partial charge in [-0.3, -0.25) is 9.59 Å². The molecule has 0 radical (unpaired) electrons. The number of amides is 2. The van der Waals surface area contributed by atoms with Gasteiger partial charge in [0.1, 0.15) is 6.04 Å². The van der Waals surface area contributed by atoms with E-state index in [2.05, 4.69) is 38.3 Å². The Morgan fingerprint density at radius 1 is 0.556 bits per heavy atom. The smallest absolute Gasteiger partial charge is 0.242 e. The van der Waals surface area contributed by atoms with Crippen LogP contribution in [0.4, 0.5) is 0 Å². The van der Waals surface area contributed by atoms with E-state index in [0.717, 1.165) is 19.3 Å². The second-order valence-corrected chi connectivity index (χ2v) is 11.5. The number of carbonyl (C=O) groups is 2. The van der Waals surface area contributed by atoms with Crippen LogP contribution in [0.5, 0.6) is 0 Å². The molecule has 4 nitrogen and oxygen atoms in total. The highest BCUT2D eigenvalue weighted by Crippen LogP contribution is 2.14. The van der Waals surface area contributed by atoms with Gasteiger partial charge in [0.15, 0.2) is 0 Å². The SMILES string of the molecule is CCCCCCCCCCCCCCCCCC(=O)NC(CC(C)C)C(=O)NCCCCCCCC. The van der Waals surface area contributed by atoms with Gasteiger partial charge in [-0.15, -0.1) is 0 Å². The maximum absolute atomic E-state index is 12.6. The van der Waals surface area contributed by atoms with Gasteiger partial charge in [0.05, 0.1) is 0 Å². The van der Waals surface area contributed by atoms with E-state index in [4.69, 9.17) is 0 Å². The van der Waals surface area contributed by atoms with Crippen LogP contribution in [0.25, 0.3) is 0 Å². The zero-order chi connectivity index (χ0) is 26.7. The lowest BCUT2D eigenvalue weighted by molar-refractivity contribution is -0.129. The van der Waals surface area contributed by atoms with Crippen molar-refractivity contribution >= 4 is 11.8 Å². The Labute approximate surface area is 225 Å². The van der Waals surface area contributed by atoms with Crippen LogP contribution in [0.3, 0.4) is 0 Å². The van der Waals surface area contributed by atoms with Gasteiger partial charge in [0.25, 0.3) is 0 Å². The standard InChI is InChI=1S/C32H64N2O2/c1-5-7-9-11-13-14-15-16-17-18-19-20-21-22-24-26-31(35)34-30(28-29(3)4)32(36)33-27-25-23-12-10-8-6-2/h29-30H,5-28H2,1-4H3,(H,33,36)(H,34,35). The van der Waals surface area contributed by atoms with E-state index in [1.165, 1.54) is 116 Å². The highest BCUT2D eigenvalue weighted by atomic mass is 16.2. The number of hydrogen-bond donors (Lipinski definition) is 2. The minimum Gasteiger partial charge on any atom is -0.354 e. The largest absolute Gasteiger partial charge is 0.354 e. The minimum atomic E-state index is -0.395. The van der Waals surface area contributed by atoms with Crippen molar-refractivity contribution in [3.63, 3.8) is 0 Å². The van der Waals surface area contributed by atoms with Crippen molar-refractivity contribution in [2.45, 2.75) is 181 Å². The Balaban J connectivity index is 3.76. The van der Waals surface area contributed by atoms with Gasteiger partial charge in [-0.05, 0) is 25.2 Å². The molecule has 36 heavy (non-hydrogen) atoms. The fourth-order valence-corrected chi connectivity index (χ4v) is 4.87. The Kier molecular flexibility index (Phi) is 26.2. The molecular formula is C32H64N2O2. The van der Waals surface area contributed by atoms with Crippen molar-refractivity contribution in [3.8, 4) is 0 Å². The number of carbonyl (C=O) groups excluding carboxylic acids is 2. The molecule has 0 aliphatic heterocycles. The van der Waals surface area contributed by atoms with Crippen LogP contribution in [-0.4, -0.2) is 24.4 Å². The second-order valence-electron chi connectivity index (χ2n) is 11.5. The van der Waals surface area contributed by atoms with Crippen molar-refractivity contribution < 1.29 is 9.59 Å². The summed E-state index contributed by atoms with van der Waals surface area (Å²) in [6.07, 6.45) is 28.4. The molecule has 0 bridgehead atoms. The molecule has 214 valence electrons. The van der Waals surface area contributed by atoms with Gasteiger partial charge in [0, 0.05) is 13.0 Å². The maximum Gasteiger partial charge on any atom is 0.242 e. The van der Waals surface area contributed by atoms with E-state index < -0.39 is 6.04 Å². The first-order valence-electron chi connectivity index (χ1n) is 16.1. The molecule has 1 atom stereocenters. The molecule has 0 aromatic heterocycles. The summed E-state index contributed by atoms with van der Waals surface area (Å²) in [7, 11) is 0. The van der Waals surface area contributed by atoms with E-state index in [-0.39, 0.29) is 11.8 Å². The molecule has 0 aromatic rings. The Bertz CT molecular complexity index is 493. The number of hydrogen-bond acceptors (Lipinski definition) is 2. The highest BCUT2D eigenvalue weighted by Gasteiger charge is 2.21. The molecule has 2 N–H and O–H groups in total. The fraction of sp³-hybridized carbons (Fsp3) is 0.938. The quantitative estimate of drug-likeness (QED) is 0.109. The van der Waals surface area contributed by atoms with Gasteiger partial charge in [-0.2, -0.15) is 0 Å². The Morgan fingerprint density at radius 2 is 0.944 bits per heavy atom. The van der Waals surface area contributed by atoms with E-state index in [0.29, 0.717) is 25.3 Å². The van der Waals surface area contributed by atoms with E-state index in [9.17, 15) is 9.59 Å². The molecule has 0 heterocycles. The van der Waals surface area contributed by atoms with Crippen molar-refractivity contribution in [1.82, 2.24) is 10.6 Å². The number of rotatable bonds is 27. The average Bonchev–Trinajstić information content (AvgIpc) is 2.85. The molecule has 0 aliphatic carbocycles. The third kappa shape index (κ3) is 24.6. The molecule has 0 fully saturated rings. The lowest BCUT2D eigenvalue weighted by Crippen LogP contribution is -2.47. The molecular weight excluding hydrogens is 444 g/mol. The fourth-order valence-electron chi connectivity index (χ4n) is 4.87. The van der Waals surface area contributed by atoms with Crippen LogP contribution in [0.1, 0.15) is 175 Å². The second kappa shape index (κ2) is 27.0. The molecule has 2 amide bonds. The third-order valence-electron chi connectivity index (χ3n) is 7.20. The van der Waals surface area contributed by atoms with Crippen molar-refractivity contribution in [3.05, 3.63) is 0 Å². The van der Waals surface area contributed by atoms with Crippen LogP contribution in [0.2, 0.25) is 0 Å². The normalized spacial score (nSPS) is 12.1. The zero-order valence-electron chi connectivity index (χ0n) is 24.9. The van der Waals surface area contributed by atoms with Gasteiger partial charge < -0.3 is 10.6 Å². The first-order valence-corrected chi connectivity index (χ1v) is 16.1. The summed E-state index contributed by atoms with van der Waals surface area (Å²) in [5, 5.41) is 6.07. The number of nitrogens with one attached hydrogen (secondary N) is 2. The third-order valence-corrected chi connectivity index (χ3v) is 7.20. The Hall–Kier alpha value is -1.06. The van der Waals surface area contributed by atoms with Crippen molar-refractivity contribution in [1.29, 1.82) is 0 Å². The predicted octanol–water partition coefficient (Wildman–Crippen LogP) is 9.26. The lowest BCUT2D eigenvalue weighted by Gasteiger charge is -2.20. The molecule has 0 spiro atoms. The lowest BCUT2D eigenvalue weighted by atomic mass is 10.0. The minimum absolute atomic E-state index is 0.0119. The van der Waals surface area contributed by atoms with Crippen molar-refractivity contribution in [2.75, 3.05) is 6.54 Å². The predicted molar refractivity (Wildman–Crippen MR) is 157 cm³/mol. The molecule has 0 aromatic carbocycles. The zero-order valence-corrected chi connectivity index (χ0v) is 24.9. The molecule has 0 aliphatic rings. The summed E-state index contributed by atoms with van der Waals surface area (Å²) in [4.78, 5) is 25.1. The Morgan fingerprint density at radius 3 is 1.36 bits per heavy atom. The molecule has 1 unspecified atom stereocenters. The summed E-state index contributed by atoms with van der Waals surface area (Å²) >= 11 is 0. The molecule has 4 heteroatoms. The van der Waals surface area contributed by atoms with E-state index in [1.807, 2.05) is 0 Å². The van der Waals surface area contributed by atoms with Gasteiger partial charge in [-0.1, -0.05) is 150 Å². The van der Waals surface area contributed by atoms with Crippen LogP contribution >= 0.6 is 0 Å². The first kappa shape index (κ1) is 34.9. The van der Waals surface area contributed by atoms with Crippen LogP contribution in [0, 0.1) is 5.92 Å². The van der Waals surface area contributed by atoms with Gasteiger partial charge >= 0.3 is 0 Å². The van der Waals surface area contributed by atoms with E-state index >= 15 is 0 Å². The van der Waals surface area contributed by atoms with Gasteiger partial charge in [0.2, 0.25) is 11.8 Å².